The molecule has 0 aliphatic heterocycles. The lowest BCUT2D eigenvalue weighted by Gasteiger charge is -2.08. The molecule has 3 rings (SSSR count). The third kappa shape index (κ3) is 4.34. The molecule has 9 heteroatoms. The Morgan fingerprint density at radius 3 is 2.61 bits per heavy atom. The van der Waals surface area contributed by atoms with Crippen molar-refractivity contribution in [3.8, 4) is 0 Å². The highest BCUT2D eigenvalue weighted by molar-refractivity contribution is 6.31. The van der Waals surface area contributed by atoms with Crippen LogP contribution in [0.25, 0.3) is 0 Å². The van der Waals surface area contributed by atoms with E-state index in [1.807, 2.05) is 6.92 Å². The maximum absolute atomic E-state index is 13.7. The number of halogens is 2. The number of aryl methyl sites for hydroxylation is 1. The number of nitrogens with one attached hydrogen (secondary N) is 2. The third-order valence-electron chi connectivity index (χ3n) is 4.07. The van der Waals surface area contributed by atoms with E-state index in [1.165, 1.54) is 22.9 Å². The van der Waals surface area contributed by atoms with Crippen LogP contribution >= 0.6 is 11.6 Å². The van der Waals surface area contributed by atoms with E-state index >= 15 is 0 Å². The summed E-state index contributed by atoms with van der Waals surface area (Å²) in [5, 5.41) is 13.3. The summed E-state index contributed by atoms with van der Waals surface area (Å²) in [7, 11) is 0. The number of hydrogen-bond donors (Lipinski definition) is 2. The molecule has 2 amide bonds. The van der Waals surface area contributed by atoms with Crippen molar-refractivity contribution in [3.05, 3.63) is 70.3 Å². The summed E-state index contributed by atoms with van der Waals surface area (Å²) in [6.45, 7) is 3.32. The molecule has 0 bridgehead atoms. The maximum Gasteiger partial charge on any atom is 0.278 e. The largest absolute Gasteiger partial charge is 0.324 e. The SMILES string of the molecule is Cc1ccc(NC(=O)Cn2nnc(C(=O)Nc3ccccc3F)c2C)cc1Cl. The first-order chi connectivity index (χ1) is 13.3. The number of aromatic nitrogens is 3. The minimum atomic E-state index is -0.612. The van der Waals surface area contributed by atoms with Gasteiger partial charge in [-0.25, -0.2) is 9.07 Å². The van der Waals surface area contributed by atoms with E-state index in [9.17, 15) is 14.0 Å². The molecule has 2 N–H and O–H groups in total. The summed E-state index contributed by atoms with van der Waals surface area (Å²) in [5.74, 6) is -1.52. The van der Waals surface area contributed by atoms with E-state index < -0.39 is 11.7 Å². The number of anilines is 2. The van der Waals surface area contributed by atoms with Gasteiger partial charge in [-0.2, -0.15) is 0 Å². The molecule has 0 saturated carbocycles. The molecule has 0 aliphatic carbocycles. The van der Waals surface area contributed by atoms with E-state index in [2.05, 4.69) is 20.9 Å². The van der Waals surface area contributed by atoms with Gasteiger partial charge in [0.05, 0.1) is 11.4 Å². The molecule has 0 saturated heterocycles. The molecule has 3 aromatic rings. The molecule has 1 heterocycles. The van der Waals surface area contributed by atoms with Crippen molar-refractivity contribution in [1.29, 1.82) is 0 Å². The fourth-order valence-electron chi connectivity index (χ4n) is 2.47. The smallest absolute Gasteiger partial charge is 0.278 e. The van der Waals surface area contributed by atoms with Crippen molar-refractivity contribution in [2.24, 2.45) is 0 Å². The number of amides is 2. The highest BCUT2D eigenvalue weighted by atomic mass is 35.5. The maximum atomic E-state index is 13.7. The molecule has 0 fully saturated rings. The number of benzene rings is 2. The fourth-order valence-corrected chi connectivity index (χ4v) is 2.65. The van der Waals surface area contributed by atoms with Gasteiger partial charge in [-0.05, 0) is 43.7 Å². The van der Waals surface area contributed by atoms with Crippen molar-refractivity contribution < 1.29 is 14.0 Å². The normalized spacial score (nSPS) is 10.6. The lowest BCUT2D eigenvalue weighted by atomic mass is 10.2. The van der Waals surface area contributed by atoms with Gasteiger partial charge in [0.2, 0.25) is 5.91 Å². The topological polar surface area (TPSA) is 88.9 Å². The van der Waals surface area contributed by atoms with Crippen molar-refractivity contribution in [2.75, 3.05) is 10.6 Å². The van der Waals surface area contributed by atoms with Crippen LogP contribution in [0.15, 0.2) is 42.5 Å². The Hall–Kier alpha value is -3.26. The first-order valence-electron chi connectivity index (χ1n) is 8.37. The van der Waals surface area contributed by atoms with Crippen LogP contribution in [-0.2, 0) is 11.3 Å². The summed E-state index contributed by atoms with van der Waals surface area (Å²) < 4.78 is 15.0. The van der Waals surface area contributed by atoms with E-state index in [0.717, 1.165) is 5.56 Å². The van der Waals surface area contributed by atoms with Gasteiger partial charge >= 0.3 is 0 Å². The van der Waals surface area contributed by atoms with E-state index in [4.69, 9.17) is 11.6 Å². The lowest BCUT2D eigenvalue weighted by Crippen LogP contribution is -2.21. The van der Waals surface area contributed by atoms with Crippen molar-refractivity contribution in [1.82, 2.24) is 15.0 Å². The first-order valence-corrected chi connectivity index (χ1v) is 8.75. The van der Waals surface area contributed by atoms with Crippen LogP contribution in [0.1, 0.15) is 21.7 Å². The zero-order valence-corrected chi connectivity index (χ0v) is 15.9. The average molecular weight is 402 g/mol. The Balaban J connectivity index is 1.68. The molecule has 0 atom stereocenters. The second kappa shape index (κ2) is 8.18. The molecular formula is C19H17ClFN5O2. The van der Waals surface area contributed by atoms with Gasteiger partial charge in [0.1, 0.15) is 12.4 Å². The lowest BCUT2D eigenvalue weighted by molar-refractivity contribution is -0.117. The van der Waals surface area contributed by atoms with Gasteiger partial charge in [0.15, 0.2) is 5.69 Å². The summed E-state index contributed by atoms with van der Waals surface area (Å²) in [4.78, 5) is 24.6. The fraction of sp³-hybridized carbons (Fsp3) is 0.158. The molecule has 28 heavy (non-hydrogen) atoms. The van der Waals surface area contributed by atoms with E-state index in [1.54, 1.807) is 31.2 Å². The Kier molecular flexibility index (Phi) is 5.70. The van der Waals surface area contributed by atoms with Crippen LogP contribution in [0.3, 0.4) is 0 Å². The summed E-state index contributed by atoms with van der Waals surface area (Å²) in [6.07, 6.45) is 0. The Bertz CT molecular complexity index is 1050. The first kappa shape index (κ1) is 19.5. The van der Waals surface area contributed by atoms with E-state index in [0.29, 0.717) is 16.4 Å². The van der Waals surface area contributed by atoms with Gasteiger partial charge in [-0.15, -0.1) is 5.10 Å². The van der Waals surface area contributed by atoms with Crippen LogP contribution in [0.4, 0.5) is 15.8 Å². The number of hydrogen-bond acceptors (Lipinski definition) is 4. The zero-order chi connectivity index (χ0) is 20.3. The number of carbonyl (C=O) groups is 2. The second-order valence-electron chi connectivity index (χ2n) is 6.13. The summed E-state index contributed by atoms with van der Waals surface area (Å²) in [6, 6.07) is 11.0. The van der Waals surface area contributed by atoms with Gasteiger partial charge in [0, 0.05) is 10.7 Å². The van der Waals surface area contributed by atoms with Crippen LogP contribution in [0.5, 0.6) is 0 Å². The Morgan fingerprint density at radius 2 is 1.89 bits per heavy atom. The minimum Gasteiger partial charge on any atom is -0.324 e. The van der Waals surface area contributed by atoms with E-state index in [-0.39, 0.29) is 23.8 Å². The monoisotopic (exact) mass is 401 g/mol. The quantitative estimate of drug-likeness (QED) is 0.683. The highest BCUT2D eigenvalue weighted by Crippen LogP contribution is 2.20. The van der Waals surface area contributed by atoms with Crippen molar-refractivity contribution in [3.63, 3.8) is 0 Å². The van der Waals surface area contributed by atoms with Gasteiger partial charge in [0.25, 0.3) is 5.91 Å². The summed E-state index contributed by atoms with van der Waals surface area (Å²) in [5.41, 5.74) is 1.88. The molecule has 1 aromatic heterocycles. The van der Waals surface area contributed by atoms with Gasteiger partial charge in [-0.3, -0.25) is 9.59 Å². The zero-order valence-electron chi connectivity index (χ0n) is 15.2. The van der Waals surface area contributed by atoms with Crippen LogP contribution < -0.4 is 10.6 Å². The second-order valence-corrected chi connectivity index (χ2v) is 6.53. The minimum absolute atomic E-state index is 0.00873. The third-order valence-corrected chi connectivity index (χ3v) is 4.48. The van der Waals surface area contributed by atoms with Crippen molar-refractivity contribution in [2.45, 2.75) is 20.4 Å². The number of rotatable bonds is 5. The van der Waals surface area contributed by atoms with Crippen LogP contribution in [0, 0.1) is 19.7 Å². The molecule has 7 nitrogen and oxygen atoms in total. The Labute approximate surface area is 165 Å². The number of para-hydroxylation sites is 1. The van der Waals surface area contributed by atoms with Crippen LogP contribution in [0.2, 0.25) is 5.02 Å². The predicted molar refractivity (Wildman–Crippen MR) is 104 cm³/mol. The van der Waals surface area contributed by atoms with Crippen molar-refractivity contribution >= 4 is 34.8 Å². The standard InChI is InChI=1S/C19H17ClFN5O2/c1-11-7-8-13(9-14(11)20)22-17(27)10-26-12(2)18(24-25-26)19(28)23-16-6-4-3-5-15(16)21/h3-9H,10H2,1-2H3,(H,22,27)(H,23,28). The number of carbonyl (C=O) groups excluding carboxylic acids is 2. The van der Waals surface area contributed by atoms with Crippen LogP contribution in [-0.4, -0.2) is 26.8 Å². The average Bonchev–Trinajstić information content (AvgIpc) is 3.00. The molecule has 2 aromatic carbocycles. The Morgan fingerprint density at radius 1 is 1.14 bits per heavy atom. The molecule has 0 spiro atoms. The molecule has 0 radical (unpaired) electrons. The molecule has 144 valence electrons. The molecule has 0 aliphatic rings. The summed E-state index contributed by atoms with van der Waals surface area (Å²) >= 11 is 6.05. The highest BCUT2D eigenvalue weighted by Gasteiger charge is 2.19. The molecule has 0 unspecified atom stereocenters. The predicted octanol–water partition coefficient (Wildman–Crippen LogP) is 3.58. The van der Waals surface area contributed by atoms with Gasteiger partial charge < -0.3 is 10.6 Å². The number of nitrogens with zero attached hydrogens (tertiary/aromatic N) is 3. The van der Waals surface area contributed by atoms with Gasteiger partial charge in [-0.1, -0.05) is 35.0 Å². The molecular weight excluding hydrogens is 385 g/mol.